The van der Waals surface area contributed by atoms with Gasteiger partial charge in [-0.3, -0.25) is 4.79 Å². The van der Waals surface area contributed by atoms with Gasteiger partial charge in [0, 0.05) is 4.88 Å². The Labute approximate surface area is 180 Å². The van der Waals surface area contributed by atoms with Crippen LogP contribution in [0.15, 0.2) is 26.7 Å². The van der Waals surface area contributed by atoms with Gasteiger partial charge in [0.1, 0.15) is 16.4 Å². The Morgan fingerprint density at radius 1 is 1.43 bits per heavy atom. The lowest BCUT2D eigenvalue weighted by atomic mass is 9.89. The van der Waals surface area contributed by atoms with Gasteiger partial charge in [0.15, 0.2) is 5.82 Å². The van der Waals surface area contributed by atoms with E-state index in [-0.39, 0.29) is 10.8 Å². The topological polar surface area (TPSA) is 116 Å². The number of aryl methyl sites for hydroxylation is 2. The first kappa shape index (κ1) is 19.4. The standard InChI is InChI=1S/C20H22N6O2S2/c1-9-4-5-13-14(8-9)30-19-15(13)18(27)22-16(23-19)11(3)29-20-25-24-17(26(20)21)12-6-7-28-10(12)2/h6-7,9,11H,4-5,8,21H2,1-3H3,(H,22,23,27)/t9-,11+/m1/s1. The molecule has 1 aliphatic rings. The fourth-order valence-electron chi connectivity index (χ4n) is 3.93. The normalized spacial score (nSPS) is 17.4. The molecule has 0 aromatic carbocycles. The van der Waals surface area contributed by atoms with Crippen LogP contribution < -0.4 is 11.4 Å². The molecular weight excluding hydrogens is 420 g/mol. The van der Waals surface area contributed by atoms with E-state index < -0.39 is 0 Å². The molecule has 0 amide bonds. The fourth-order valence-corrected chi connectivity index (χ4v) is 6.15. The van der Waals surface area contributed by atoms with Gasteiger partial charge in [-0.25, -0.2) is 9.66 Å². The third-order valence-corrected chi connectivity index (χ3v) is 7.83. The molecular formula is C20H22N6O2S2. The molecule has 0 saturated heterocycles. The van der Waals surface area contributed by atoms with E-state index in [1.165, 1.54) is 26.9 Å². The summed E-state index contributed by atoms with van der Waals surface area (Å²) in [6.07, 6.45) is 4.70. The van der Waals surface area contributed by atoms with Crippen LogP contribution in [0, 0.1) is 12.8 Å². The summed E-state index contributed by atoms with van der Waals surface area (Å²) in [5.74, 6) is 8.77. The molecule has 8 nitrogen and oxygen atoms in total. The minimum Gasteiger partial charge on any atom is -0.469 e. The number of hydrogen-bond acceptors (Lipinski definition) is 8. The van der Waals surface area contributed by atoms with Gasteiger partial charge in [-0.05, 0) is 50.7 Å². The van der Waals surface area contributed by atoms with Crippen molar-refractivity contribution >= 4 is 33.3 Å². The number of thioether (sulfide) groups is 1. The van der Waals surface area contributed by atoms with Crippen molar-refractivity contribution in [1.82, 2.24) is 24.8 Å². The number of aromatic nitrogens is 5. The summed E-state index contributed by atoms with van der Waals surface area (Å²) >= 11 is 3.06. The van der Waals surface area contributed by atoms with Crippen LogP contribution in [0.4, 0.5) is 0 Å². The number of H-pyrrole nitrogens is 1. The van der Waals surface area contributed by atoms with Crippen LogP contribution in [0.5, 0.6) is 0 Å². The van der Waals surface area contributed by atoms with E-state index in [1.54, 1.807) is 17.6 Å². The van der Waals surface area contributed by atoms with E-state index >= 15 is 0 Å². The highest BCUT2D eigenvalue weighted by Gasteiger charge is 2.25. The van der Waals surface area contributed by atoms with Crippen molar-refractivity contribution in [2.45, 2.75) is 50.4 Å². The van der Waals surface area contributed by atoms with E-state index in [2.05, 4.69) is 22.1 Å². The zero-order chi connectivity index (χ0) is 21.0. The first-order valence-electron chi connectivity index (χ1n) is 9.88. The summed E-state index contributed by atoms with van der Waals surface area (Å²) in [6.45, 7) is 6.09. The zero-order valence-electron chi connectivity index (χ0n) is 16.9. The van der Waals surface area contributed by atoms with Crippen molar-refractivity contribution in [3.8, 4) is 11.4 Å². The van der Waals surface area contributed by atoms with Gasteiger partial charge in [-0.1, -0.05) is 18.7 Å². The smallest absolute Gasteiger partial charge is 0.259 e. The van der Waals surface area contributed by atoms with Crippen molar-refractivity contribution in [1.29, 1.82) is 0 Å². The number of nitrogens with zero attached hydrogens (tertiary/aromatic N) is 4. The molecule has 0 bridgehead atoms. The van der Waals surface area contributed by atoms with Gasteiger partial charge in [0.25, 0.3) is 5.56 Å². The lowest BCUT2D eigenvalue weighted by molar-refractivity contribution is 0.509. The second-order valence-electron chi connectivity index (χ2n) is 7.81. The lowest BCUT2D eigenvalue weighted by Crippen LogP contribution is -2.16. The van der Waals surface area contributed by atoms with Crippen LogP contribution in [0.1, 0.15) is 47.5 Å². The lowest BCUT2D eigenvalue weighted by Gasteiger charge is -2.17. The molecule has 1 aliphatic carbocycles. The Balaban J connectivity index is 1.46. The summed E-state index contributed by atoms with van der Waals surface area (Å²) in [5, 5.41) is 9.58. The van der Waals surface area contributed by atoms with E-state index in [0.29, 0.717) is 22.7 Å². The van der Waals surface area contributed by atoms with Gasteiger partial charge >= 0.3 is 0 Å². The monoisotopic (exact) mass is 442 g/mol. The Morgan fingerprint density at radius 2 is 2.27 bits per heavy atom. The Bertz CT molecular complexity index is 1300. The molecule has 5 rings (SSSR count). The van der Waals surface area contributed by atoms with E-state index in [4.69, 9.17) is 15.2 Å². The van der Waals surface area contributed by atoms with Crippen molar-refractivity contribution in [2.24, 2.45) is 5.92 Å². The van der Waals surface area contributed by atoms with Crippen molar-refractivity contribution < 1.29 is 4.42 Å². The van der Waals surface area contributed by atoms with Crippen LogP contribution in [-0.4, -0.2) is 24.8 Å². The first-order valence-corrected chi connectivity index (χ1v) is 11.6. The largest absolute Gasteiger partial charge is 0.469 e. The number of fused-ring (bicyclic) bond motifs is 3. The molecule has 0 aliphatic heterocycles. The molecule has 156 valence electrons. The quantitative estimate of drug-likeness (QED) is 0.364. The highest BCUT2D eigenvalue weighted by atomic mass is 32.2. The minimum absolute atomic E-state index is 0.0570. The number of thiophene rings is 1. The highest BCUT2D eigenvalue weighted by Crippen LogP contribution is 2.38. The first-order chi connectivity index (χ1) is 14.4. The summed E-state index contributed by atoms with van der Waals surface area (Å²) < 4.78 is 6.78. The van der Waals surface area contributed by atoms with Crippen LogP contribution in [-0.2, 0) is 12.8 Å². The number of aromatic amines is 1. The zero-order valence-corrected chi connectivity index (χ0v) is 18.6. The average Bonchev–Trinajstić information content (AvgIpc) is 3.38. The van der Waals surface area contributed by atoms with Crippen LogP contribution >= 0.6 is 23.1 Å². The third kappa shape index (κ3) is 3.14. The summed E-state index contributed by atoms with van der Waals surface area (Å²) in [6, 6.07) is 1.81. The molecule has 4 heterocycles. The highest BCUT2D eigenvalue weighted by molar-refractivity contribution is 7.99. The molecule has 0 spiro atoms. The second-order valence-corrected chi connectivity index (χ2v) is 10.2. The van der Waals surface area contributed by atoms with Gasteiger partial charge in [0.05, 0.1) is 22.5 Å². The van der Waals surface area contributed by atoms with E-state index in [9.17, 15) is 4.79 Å². The van der Waals surface area contributed by atoms with Crippen molar-refractivity contribution in [3.05, 3.63) is 44.7 Å². The third-order valence-electron chi connectivity index (χ3n) is 5.62. The molecule has 4 aromatic rings. The van der Waals surface area contributed by atoms with Gasteiger partial charge in [0.2, 0.25) is 5.16 Å². The maximum Gasteiger partial charge on any atom is 0.259 e. The maximum absolute atomic E-state index is 12.9. The Morgan fingerprint density at radius 3 is 3.03 bits per heavy atom. The minimum atomic E-state index is -0.148. The van der Waals surface area contributed by atoms with E-state index in [1.807, 2.05) is 19.9 Å². The number of furan rings is 1. The Hall–Kier alpha value is -2.59. The van der Waals surface area contributed by atoms with Crippen LogP contribution in [0.3, 0.4) is 0 Å². The average molecular weight is 443 g/mol. The van der Waals surface area contributed by atoms with E-state index in [0.717, 1.165) is 40.8 Å². The molecule has 3 N–H and O–H groups in total. The molecule has 0 fully saturated rings. The predicted molar refractivity (Wildman–Crippen MR) is 118 cm³/mol. The number of nitrogens with two attached hydrogens (primary N) is 1. The molecule has 4 aromatic heterocycles. The molecule has 0 radical (unpaired) electrons. The van der Waals surface area contributed by atoms with Crippen LogP contribution in [0.2, 0.25) is 0 Å². The number of rotatable bonds is 4. The molecule has 0 unspecified atom stereocenters. The predicted octanol–water partition coefficient (Wildman–Crippen LogP) is 3.84. The molecule has 10 heteroatoms. The molecule has 30 heavy (non-hydrogen) atoms. The maximum atomic E-state index is 12.9. The second kappa shape index (κ2) is 7.28. The van der Waals surface area contributed by atoms with Crippen molar-refractivity contribution in [3.63, 3.8) is 0 Å². The van der Waals surface area contributed by atoms with Gasteiger partial charge in [-0.15, -0.1) is 21.5 Å². The van der Waals surface area contributed by atoms with Gasteiger partial charge < -0.3 is 15.2 Å². The Kier molecular flexibility index (Phi) is 4.70. The molecule has 0 saturated carbocycles. The summed E-state index contributed by atoms with van der Waals surface area (Å²) in [4.78, 5) is 22.8. The summed E-state index contributed by atoms with van der Waals surface area (Å²) in [5.41, 5.74) is 1.94. The number of nitrogen functional groups attached to an aromatic ring is 1. The summed E-state index contributed by atoms with van der Waals surface area (Å²) in [7, 11) is 0. The number of nitrogens with one attached hydrogen (secondary N) is 1. The SMILES string of the molecule is Cc1occc1-c1nnc(S[C@@H](C)c2nc3sc4c(c3c(=O)[nH]2)CC[C@@H](C)C4)n1N. The molecule has 2 atom stereocenters. The fraction of sp³-hybridized carbons (Fsp3) is 0.400. The van der Waals surface area contributed by atoms with Crippen LogP contribution in [0.25, 0.3) is 21.6 Å². The van der Waals surface area contributed by atoms with Crippen molar-refractivity contribution in [2.75, 3.05) is 5.84 Å². The number of hydrogen-bond donors (Lipinski definition) is 2. The van der Waals surface area contributed by atoms with Gasteiger partial charge in [-0.2, -0.15) is 0 Å².